The van der Waals surface area contributed by atoms with Crippen molar-refractivity contribution >= 4 is 17.7 Å². The normalized spacial score (nSPS) is 8.53. The first kappa shape index (κ1) is 13.4. The standard InChI is InChI=1S/C9H8N2O3.Li/c1-2-8(12)11-7-4-3-6(5-10-7)9(13)14;/h2-5H,1H2,(H,13,14)(H,10,11,12);/q;+1/p-1. The fourth-order valence-corrected chi connectivity index (χ4v) is 0.766. The minimum absolute atomic E-state index is 0. The molecule has 0 saturated heterocycles. The molecule has 0 saturated carbocycles. The van der Waals surface area contributed by atoms with Gasteiger partial charge in [0.15, 0.2) is 0 Å². The predicted molar refractivity (Wildman–Crippen MR) is 47.4 cm³/mol. The topological polar surface area (TPSA) is 82.1 Å². The van der Waals surface area contributed by atoms with Crippen LogP contribution in [-0.2, 0) is 4.79 Å². The summed E-state index contributed by atoms with van der Waals surface area (Å²) in [6.45, 7) is 3.26. The van der Waals surface area contributed by atoms with E-state index in [1.54, 1.807) is 0 Å². The number of hydrogen-bond acceptors (Lipinski definition) is 4. The van der Waals surface area contributed by atoms with Crippen LogP contribution in [0.4, 0.5) is 5.82 Å². The number of nitrogens with one attached hydrogen (secondary N) is 1. The number of aromatic nitrogens is 1. The molecule has 0 aliphatic rings. The first-order valence-electron chi connectivity index (χ1n) is 3.74. The van der Waals surface area contributed by atoms with Crippen molar-refractivity contribution in [1.82, 2.24) is 4.98 Å². The maximum atomic E-state index is 10.8. The molecule has 5 nitrogen and oxygen atoms in total. The quantitative estimate of drug-likeness (QED) is 0.405. The van der Waals surface area contributed by atoms with E-state index in [-0.39, 0.29) is 30.2 Å². The third kappa shape index (κ3) is 3.98. The second kappa shape index (κ2) is 6.01. The predicted octanol–water partition coefficient (Wildman–Crippen LogP) is -3.43. The van der Waals surface area contributed by atoms with Crippen LogP contribution in [0.25, 0.3) is 0 Å². The molecule has 6 heteroatoms. The van der Waals surface area contributed by atoms with Crippen LogP contribution in [-0.4, -0.2) is 16.9 Å². The van der Waals surface area contributed by atoms with Crippen molar-refractivity contribution in [3.05, 3.63) is 36.5 Å². The molecule has 1 heterocycles. The number of carboxylic acid groups (broad SMARTS) is 1. The van der Waals surface area contributed by atoms with E-state index in [4.69, 9.17) is 0 Å². The first-order chi connectivity index (χ1) is 6.63. The Kier molecular flexibility index (Phi) is 5.38. The molecule has 0 radical (unpaired) electrons. The third-order valence-electron chi connectivity index (χ3n) is 1.44. The van der Waals surface area contributed by atoms with Crippen LogP contribution < -0.4 is 29.3 Å². The van der Waals surface area contributed by atoms with Gasteiger partial charge in [0.05, 0.1) is 5.97 Å². The van der Waals surface area contributed by atoms with Gasteiger partial charge in [0.1, 0.15) is 5.82 Å². The van der Waals surface area contributed by atoms with Crippen LogP contribution in [0.1, 0.15) is 10.4 Å². The summed E-state index contributed by atoms with van der Waals surface area (Å²) in [5, 5.41) is 12.7. The van der Waals surface area contributed by atoms with Crippen molar-refractivity contribution in [3.8, 4) is 0 Å². The summed E-state index contributed by atoms with van der Waals surface area (Å²) in [5.74, 6) is -1.45. The number of carbonyl (C=O) groups is 2. The van der Waals surface area contributed by atoms with Crippen LogP contribution in [0, 0.1) is 0 Å². The van der Waals surface area contributed by atoms with Crippen molar-refractivity contribution in [2.75, 3.05) is 5.32 Å². The number of carbonyl (C=O) groups excluding carboxylic acids is 2. The number of rotatable bonds is 3. The van der Waals surface area contributed by atoms with Gasteiger partial charge in [0.25, 0.3) is 0 Å². The number of hydrogen-bond donors (Lipinski definition) is 1. The van der Waals surface area contributed by atoms with Gasteiger partial charge in [0.2, 0.25) is 5.91 Å². The second-order valence-electron chi connectivity index (χ2n) is 2.41. The maximum absolute atomic E-state index is 10.8. The summed E-state index contributed by atoms with van der Waals surface area (Å²) >= 11 is 0. The van der Waals surface area contributed by atoms with Gasteiger partial charge in [-0.2, -0.15) is 0 Å². The maximum Gasteiger partial charge on any atom is 1.00 e. The van der Waals surface area contributed by atoms with E-state index in [2.05, 4.69) is 16.9 Å². The molecule has 0 aromatic carbocycles. The number of aromatic carboxylic acids is 1. The molecule has 0 atom stereocenters. The molecular weight excluding hydrogens is 191 g/mol. The number of pyridine rings is 1. The molecule has 15 heavy (non-hydrogen) atoms. The van der Waals surface area contributed by atoms with Crippen LogP contribution in [0.5, 0.6) is 0 Å². The van der Waals surface area contributed by atoms with Gasteiger partial charge in [-0.3, -0.25) is 4.79 Å². The number of anilines is 1. The van der Waals surface area contributed by atoms with E-state index in [0.717, 1.165) is 12.3 Å². The Hall–Kier alpha value is -1.57. The summed E-state index contributed by atoms with van der Waals surface area (Å²) in [7, 11) is 0. The Morgan fingerprint density at radius 2 is 2.13 bits per heavy atom. The third-order valence-corrected chi connectivity index (χ3v) is 1.44. The average Bonchev–Trinajstić information content (AvgIpc) is 2.18. The Morgan fingerprint density at radius 3 is 2.53 bits per heavy atom. The van der Waals surface area contributed by atoms with Gasteiger partial charge in [0, 0.05) is 11.8 Å². The molecule has 0 fully saturated rings. The molecular formula is C9H7LiN2O3. The van der Waals surface area contributed by atoms with Gasteiger partial charge >= 0.3 is 18.9 Å². The summed E-state index contributed by atoms with van der Waals surface area (Å²) in [5.41, 5.74) is -0.0402. The van der Waals surface area contributed by atoms with Gasteiger partial charge in [-0.15, -0.1) is 0 Å². The van der Waals surface area contributed by atoms with Gasteiger partial charge in [-0.1, -0.05) is 6.58 Å². The summed E-state index contributed by atoms with van der Waals surface area (Å²) in [6.07, 6.45) is 2.20. The van der Waals surface area contributed by atoms with Gasteiger partial charge in [-0.05, 0) is 18.2 Å². The number of carboxylic acids is 1. The van der Waals surface area contributed by atoms with Crippen LogP contribution >= 0.6 is 0 Å². The average molecular weight is 198 g/mol. The Bertz CT molecular complexity index is 375. The van der Waals surface area contributed by atoms with Crippen molar-refractivity contribution in [1.29, 1.82) is 0 Å². The molecule has 1 N–H and O–H groups in total. The summed E-state index contributed by atoms with van der Waals surface area (Å²) in [4.78, 5) is 24.8. The zero-order valence-corrected chi connectivity index (χ0v) is 8.19. The molecule has 1 aromatic rings. The molecule has 1 aromatic heterocycles. The fraction of sp³-hybridized carbons (Fsp3) is 0. The van der Waals surface area contributed by atoms with Crippen LogP contribution in [0.15, 0.2) is 31.0 Å². The summed E-state index contributed by atoms with van der Waals surface area (Å²) in [6, 6.07) is 2.66. The first-order valence-corrected chi connectivity index (χ1v) is 3.74. The van der Waals surface area contributed by atoms with Crippen LogP contribution in [0.3, 0.4) is 0 Å². The SMILES string of the molecule is C=CC(=O)Nc1ccc(C(=O)[O-])cn1.[Li+]. The van der Waals surface area contributed by atoms with Gasteiger partial charge < -0.3 is 15.2 Å². The van der Waals surface area contributed by atoms with Crippen molar-refractivity contribution in [3.63, 3.8) is 0 Å². The molecule has 0 bridgehead atoms. The van der Waals surface area contributed by atoms with Crippen molar-refractivity contribution in [2.24, 2.45) is 0 Å². The zero-order valence-electron chi connectivity index (χ0n) is 8.19. The fourth-order valence-electron chi connectivity index (χ4n) is 0.766. The van der Waals surface area contributed by atoms with Crippen LogP contribution in [0.2, 0.25) is 0 Å². The Balaban J connectivity index is 0.00000196. The smallest absolute Gasteiger partial charge is 0.545 e. The largest absolute Gasteiger partial charge is 1.00 e. The minimum atomic E-state index is -1.31. The Morgan fingerprint density at radius 1 is 1.47 bits per heavy atom. The molecule has 1 rings (SSSR count). The van der Waals surface area contributed by atoms with Crippen molar-refractivity contribution in [2.45, 2.75) is 0 Å². The van der Waals surface area contributed by atoms with E-state index in [1.165, 1.54) is 12.1 Å². The minimum Gasteiger partial charge on any atom is -0.545 e. The zero-order chi connectivity index (χ0) is 10.6. The Labute approximate surface area is 98.4 Å². The summed E-state index contributed by atoms with van der Waals surface area (Å²) < 4.78 is 0. The second-order valence-corrected chi connectivity index (χ2v) is 2.41. The molecule has 72 valence electrons. The number of nitrogens with zero attached hydrogens (tertiary/aromatic N) is 1. The van der Waals surface area contributed by atoms with E-state index in [1.807, 2.05) is 0 Å². The van der Waals surface area contributed by atoms with E-state index < -0.39 is 11.9 Å². The van der Waals surface area contributed by atoms with E-state index in [9.17, 15) is 14.7 Å². The monoisotopic (exact) mass is 198 g/mol. The van der Waals surface area contributed by atoms with Gasteiger partial charge in [-0.25, -0.2) is 4.98 Å². The molecule has 0 aliphatic heterocycles. The van der Waals surface area contributed by atoms with Crippen molar-refractivity contribution < 1.29 is 33.6 Å². The molecule has 1 amide bonds. The molecule has 0 spiro atoms. The van der Waals surface area contributed by atoms with E-state index >= 15 is 0 Å². The van der Waals surface area contributed by atoms with E-state index in [0.29, 0.717) is 0 Å². The molecule has 0 aliphatic carbocycles. The molecule has 0 unspecified atom stereocenters. The number of amides is 1.